The predicted molar refractivity (Wildman–Crippen MR) is 124 cm³/mol. The fourth-order valence-electron chi connectivity index (χ4n) is 4.37. The van der Waals surface area contributed by atoms with Crippen LogP contribution in [0.25, 0.3) is 17.1 Å². The van der Waals surface area contributed by atoms with Crippen molar-refractivity contribution in [3.8, 4) is 17.1 Å². The fraction of sp³-hybridized carbons (Fsp3) is 0.250. The number of fused-ring (bicyclic) bond motifs is 5. The number of benzene rings is 2. The molecule has 0 radical (unpaired) electrons. The molecule has 8 nitrogen and oxygen atoms in total. The summed E-state index contributed by atoms with van der Waals surface area (Å²) in [5.74, 6) is 1.11. The second-order valence-electron chi connectivity index (χ2n) is 8.38. The molecule has 0 saturated carbocycles. The molecule has 0 unspecified atom stereocenters. The lowest BCUT2D eigenvalue weighted by Gasteiger charge is -2.11. The molecule has 0 amide bonds. The summed E-state index contributed by atoms with van der Waals surface area (Å²) in [6.45, 7) is -1.15. The van der Waals surface area contributed by atoms with Crippen LogP contribution in [0.15, 0.2) is 59.9 Å². The minimum atomic E-state index is -4.44. The Morgan fingerprint density at radius 2 is 1.94 bits per heavy atom. The van der Waals surface area contributed by atoms with E-state index in [0.717, 1.165) is 16.9 Å². The Morgan fingerprint density at radius 3 is 2.75 bits per heavy atom. The number of nitrogens with zero attached hydrogens (tertiary/aromatic N) is 6. The van der Waals surface area contributed by atoms with Crippen molar-refractivity contribution in [2.75, 3.05) is 13.2 Å². The van der Waals surface area contributed by atoms with E-state index in [9.17, 15) is 13.2 Å². The minimum Gasteiger partial charge on any atom is -0.474 e. The van der Waals surface area contributed by atoms with E-state index in [1.165, 1.54) is 0 Å². The van der Waals surface area contributed by atoms with Gasteiger partial charge in [0, 0.05) is 10.6 Å². The van der Waals surface area contributed by atoms with Gasteiger partial charge in [0.1, 0.15) is 37.9 Å². The molecule has 184 valence electrons. The van der Waals surface area contributed by atoms with Crippen molar-refractivity contribution in [1.29, 1.82) is 0 Å². The molecular weight excluding hydrogens is 497 g/mol. The zero-order valence-electron chi connectivity index (χ0n) is 18.6. The summed E-state index contributed by atoms with van der Waals surface area (Å²) >= 11 is 6.28. The Bertz CT molecular complexity index is 1460. The van der Waals surface area contributed by atoms with E-state index >= 15 is 0 Å². The van der Waals surface area contributed by atoms with E-state index in [0.29, 0.717) is 34.6 Å². The van der Waals surface area contributed by atoms with Crippen LogP contribution in [0.5, 0.6) is 0 Å². The molecule has 4 heterocycles. The highest BCUT2D eigenvalue weighted by Gasteiger charge is 2.32. The topological polar surface area (TPSA) is 79.3 Å². The van der Waals surface area contributed by atoms with Gasteiger partial charge in [0.25, 0.3) is 0 Å². The van der Waals surface area contributed by atoms with Crippen LogP contribution in [0.2, 0.25) is 5.02 Å². The van der Waals surface area contributed by atoms with Crippen LogP contribution in [-0.2, 0) is 22.6 Å². The predicted octanol–water partition coefficient (Wildman–Crippen LogP) is 4.74. The highest BCUT2D eigenvalue weighted by molar-refractivity contribution is 6.31. The van der Waals surface area contributed by atoms with Crippen LogP contribution < -0.4 is 0 Å². The van der Waals surface area contributed by atoms with Gasteiger partial charge >= 0.3 is 6.18 Å². The number of hydrogen-bond acceptors (Lipinski definition) is 6. The lowest BCUT2D eigenvalue weighted by Crippen LogP contribution is -2.18. The van der Waals surface area contributed by atoms with Gasteiger partial charge in [-0.15, -0.1) is 10.2 Å². The van der Waals surface area contributed by atoms with Crippen molar-refractivity contribution in [3.63, 3.8) is 0 Å². The van der Waals surface area contributed by atoms with Crippen molar-refractivity contribution in [1.82, 2.24) is 24.3 Å². The van der Waals surface area contributed by atoms with Gasteiger partial charge in [-0.1, -0.05) is 41.9 Å². The number of aliphatic imine (C=N–C) groups is 1. The molecule has 0 bridgehead atoms. The number of aromatic nitrogens is 5. The SMILES string of the molecule is FC(F)(F)COCc1nnc2n1Cc1c(C3=N[C@@H](c4ccccc4)CO3)ncn1-c1ccc(Cl)cc1-2. The fourth-order valence-corrected chi connectivity index (χ4v) is 4.55. The molecule has 6 rings (SSSR count). The van der Waals surface area contributed by atoms with E-state index in [-0.39, 0.29) is 25.0 Å². The van der Waals surface area contributed by atoms with E-state index in [1.54, 1.807) is 23.0 Å². The summed E-state index contributed by atoms with van der Waals surface area (Å²) in [7, 11) is 0. The Hall–Kier alpha value is -3.70. The Balaban J connectivity index is 1.42. The maximum Gasteiger partial charge on any atom is 0.411 e. The first kappa shape index (κ1) is 22.7. The average Bonchev–Trinajstić information content (AvgIpc) is 3.57. The van der Waals surface area contributed by atoms with Gasteiger partial charge in [-0.05, 0) is 23.8 Å². The van der Waals surface area contributed by atoms with Crippen molar-refractivity contribution < 1.29 is 22.6 Å². The molecule has 0 aliphatic carbocycles. The first-order chi connectivity index (χ1) is 17.4. The van der Waals surface area contributed by atoms with Gasteiger partial charge in [-0.2, -0.15) is 13.2 Å². The molecule has 0 N–H and O–H groups in total. The van der Waals surface area contributed by atoms with Gasteiger partial charge < -0.3 is 14.0 Å². The van der Waals surface area contributed by atoms with Gasteiger partial charge in [-0.3, -0.25) is 4.57 Å². The number of rotatable bonds is 5. The first-order valence-corrected chi connectivity index (χ1v) is 11.4. The number of ether oxygens (including phenoxy) is 2. The zero-order chi connectivity index (χ0) is 24.9. The molecule has 0 spiro atoms. The Kier molecular flexibility index (Phi) is 5.53. The molecule has 2 aliphatic heterocycles. The lowest BCUT2D eigenvalue weighted by atomic mass is 10.1. The quantitative estimate of drug-likeness (QED) is 0.338. The molecule has 1 atom stereocenters. The maximum absolute atomic E-state index is 12.6. The first-order valence-electron chi connectivity index (χ1n) is 11.1. The third kappa shape index (κ3) is 4.14. The molecule has 0 fully saturated rings. The monoisotopic (exact) mass is 514 g/mol. The largest absolute Gasteiger partial charge is 0.474 e. The highest BCUT2D eigenvalue weighted by Crippen LogP contribution is 2.35. The molecule has 4 aromatic rings. The standard InChI is InChI=1S/C24H18ClF3N6O2/c25-15-6-7-18-16(8-15)22-32-31-20(11-35-12-24(26,27)28)33(22)9-19-21(29-13-34(18)19)23-30-17(10-36-23)14-4-2-1-3-5-14/h1-8,13,17H,9-12H2/t17-/m1/s1. The van der Waals surface area contributed by atoms with Crippen LogP contribution in [0.3, 0.4) is 0 Å². The van der Waals surface area contributed by atoms with Crippen LogP contribution in [-0.4, -0.2) is 49.6 Å². The lowest BCUT2D eigenvalue weighted by molar-refractivity contribution is -0.177. The van der Waals surface area contributed by atoms with Crippen LogP contribution in [0, 0.1) is 0 Å². The summed E-state index contributed by atoms with van der Waals surface area (Å²) < 4.78 is 52.3. The molecule has 2 aromatic carbocycles. The number of hydrogen-bond donors (Lipinski definition) is 0. The van der Waals surface area contributed by atoms with E-state index in [2.05, 4.69) is 15.2 Å². The number of alkyl halides is 3. The van der Waals surface area contributed by atoms with Crippen molar-refractivity contribution in [2.45, 2.75) is 25.4 Å². The zero-order valence-corrected chi connectivity index (χ0v) is 19.4. The van der Waals surface area contributed by atoms with Crippen molar-refractivity contribution in [2.24, 2.45) is 4.99 Å². The second kappa shape index (κ2) is 8.75. The van der Waals surface area contributed by atoms with E-state index < -0.39 is 12.8 Å². The molecular formula is C24H18ClF3N6O2. The molecule has 2 aromatic heterocycles. The average molecular weight is 515 g/mol. The van der Waals surface area contributed by atoms with E-state index in [4.69, 9.17) is 26.1 Å². The van der Waals surface area contributed by atoms with Crippen molar-refractivity contribution in [3.05, 3.63) is 82.7 Å². The van der Waals surface area contributed by atoms with Crippen molar-refractivity contribution >= 4 is 17.5 Å². The van der Waals surface area contributed by atoms with E-state index in [1.807, 2.05) is 41.0 Å². The number of halogens is 4. The normalized spacial score (nSPS) is 16.6. The van der Waals surface area contributed by atoms with Crippen LogP contribution in [0.1, 0.15) is 28.8 Å². The summed E-state index contributed by atoms with van der Waals surface area (Å²) in [4.78, 5) is 9.35. The molecule has 12 heteroatoms. The Morgan fingerprint density at radius 1 is 1.11 bits per heavy atom. The third-order valence-corrected chi connectivity index (χ3v) is 6.23. The summed E-state index contributed by atoms with van der Waals surface area (Å²) in [5.41, 5.74) is 3.71. The minimum absolute atomic E-state index is 0.160. The third-order valence-electron chi connectivity index (χ3n) is 6.00. The summed E-state index contributed by atoms with van der Waals surface area (Å²) in [6, 6.07) is 15.0. The Labute approximate surface area is 208 Å². The van der Waals surface area contributed by atoms with Gasteiger partial charge in [0.15, 0.2) is 11.6 Å². The molecule has 2 aliphatic rings. The van der Waals surface area contributed by atoms with Gasteiger partial charge in [0.05, 0.1) is 17.9 Å². The number of imidazole rings is 1. The highest BCUT2D eigenvalue weighted by atomic mass is 35.5. The van der Waals surface area contributed by atoms with Gasteiger partial charge in [-0.25, -0.2) is 9.98 Å². The van der Waals surface area contributed by atoms with Crippen LogP contribution >= 0.6 is 11.6 Å². The summed E-state index contributed by atoms with van der Waals surface area (Å²) in [5, 5.41) is 8.85. The second-order valence-corrected chi connectivity index (χ2v) is 8.81. The summed E-state index contributed by atoms with van der Waals surface area (Å²) in [6.07, 6.45) is -2.78. The maximum atomic E-state index is 12.6. The van der Waals surface area contributed by atoms with Gasteiger partial charge in [0.2, 0.25) is 5.90 Å². The molecule has 36 heavy (non-hydrogen) atoms. The molecule has 0 saturated heterocycles. The smallest absolute Gasteiger partial charge is 0.411 e. The van der Waals surface area contributed by atoms with Crippen LogP contribution in [0.4, 0.5) is 13.2 Å².